The summed E-state index contributed by atoms with van der Waals surface area (Å²) in [5, 5.41) is 45.5. The van der Waals surface area contributed by atoms with Crippen molar-refractivity contribution in [1.82, 2.24) is 60.5 Å². The molecule has 0 radical (unpaired) electrons. The van der Waals surface area contributed by atoms with E-state index >= 15 is 0 Å². The quantitative estimate of drug-likeness (QED) is 0.0192. The first kappa shape index (κ1) is 92.9. The first-order chi connectivity index (χ1) is 54.6. The number of amides is 5. The monoisotopic (exact) mass is 1720 g/mol. The maximum atomic E-state index is 14.3. The van der Waals surface area contributed by atoms with Crippen molar-refractivity contribution in [2.45, 2.75) is 158 Å². The van der Waals surface area contributed by atoms with E-state index in [1.165, 1.54) is 29.2 Å². The predicted octanol–water partition coefficient (Wildman–Crippen LogP) is 1.86. The fraction of sp³-hybridized carbons (Fsp3) is 0.408. The van der Waals surface area contributed by atoms with Gasteiger partial charge in [0.1, 0.15) is 35.5 Å². The molecule has 46 heteroatoms. The highest BCUT2D eigenvalue weighted by molar-refractivity contribution is 7.90. The number of aromatic nitrogens is 5. The van der Waals surface area contributed by atoms with Gasteiger partial charge in [0.15, 0.2) is 17.7 Å². The van der Waals surface area contributed by atoms with Gasteiger partial charge in [-0.25, -0.2) is 31.6 Å². The highest BCUT2D eigenvalue weighted by atomic mass is 32.2. The Morgan fingerprint density at radius 2 is 1.14 bits per heavy atom. The Morgan fingerprint density at radius 3 is 1.63 bits per heavy atom. The Kier molecular flexibility index (Phi) is 31.8. The molecule has 7 aromatic rings. The zero-order valence-corrected chi connectivity index (χ0v) is 66.9. The third-order valence-corrected chi connectivity index (χ3v) is 23.2. The maximum absolute atomic E-state index is 14.3. The van der Waals surface area contributed by atoms with Gasteiger partial charge in [-0.15, -0.1) is 0 Å². The summed E-state index contributed by atoms with van der Waals surface area (Å²) >= 11 is 0. The van der Waals surface area contributed by atoms with Crippen LogP contribution < -0.4 is 62.7 Å². The molecule has 0 bridgehead atoms. The van der Waals surface area contributed by atoms with E-state index in [0.29, 0.717) is 45.3 Å². The van der Waals surface area contributed by atoms with Crippen molar-refractivity contribution in [3.8, 4) is 0 Å². The van der Waals surface area contributed by atoms with Crippen LogP contribution >= 0.6 is 0 Å². The molecule has 39 nitrogen and oxygen atoms in total. The molecule has 18 N–H and O–H groups in total. The predicted molar refractivity (Wildman–Crippen MR) is 416 cm³/mol. The minimum Gasteiger partial charge on any atom is -0.480 e. The molecule has 0 aliphatic carbocycles. The molecular weight excluding hydrogens is 1630 g/mol. The normalized spacial score (nSPS) is 14.4. The number of hydrogen-bond donors (Lipinski definition) is 17. The number of halogens is 3. The average Bonchev–Trinajstić information content (AvgIpc) is 1.24. The van der Waals surface area contributed by atoms with Crippen LogP contribution in [0.5, 0.6) is 0 Å². The van der Waals surface area contributed by atoms with Gasteiger partial charge in [-0.3, -0.25) is 52.3 Å². The van der Waals surface area contributed by atoms with E-state index < -0.39 is 191 Å². The van der Waals surface area contributed by atoms with Crippen LogP contribution in [0.2, 0.25) is 0 Å². The number of pyridine rings is 1. The Hall–Kier alpha value is -11.3. The summed E-state index contributed by atoms with van der Waals surface area (Å²) in [5.41, 5.74) is 9.87. The number of hydrogen-bond acceptors (Lipinski definition) is 24. The molecule has 6 atom stereocenters. The maximum Gasteiger partial charge on any atom is 0.490 e. The van der Waals surface area contributed by atoms with E-state index in [2.05, 4.69) is 66.6 Å². The second kappa shape index (κ2) is 40.1. The summed E-state index contributed by atoms with van der Waals surface area (Å²) in [6, 6.07) is 6.07. The van der Waals surface area contributed by atoms with E-state index in [9.17, 15) is 109 Å². The summed E-state index contributed by atoms with van der Waals surface area (Å²) < 4.78 is 161. The molecule has 4 heterocycles. The van der Waals surface area contributed by atoms with Crippen LogP contribution in [-0.4, -0.2) is 216 Å². The number of aromatic amines is 2. The number of nitrogens with one attached hydrogen (secondary N) is 11. The number of rotatable bonds is 40. The van der Waals surface area contributed by atoms with Crippen molar-refractivity contribution in [3.05, 3.63) is 158 Å². The Balaban J connectivity index is 0.00000258. The number of aliphatic carboxylic acids is 3. The van der Waals surface area contributed by atoms with E-state index in [1.807, 2.05) is 0 Å². The van der Waals surface area contributed by atoms with Crippen molar-refractivity contribution < 1.29 is 114 Å². The van der Waals surface area contributed by atoms with E-state index in [4.69, 9.17) is 15.6 Å². The lowest BCUT2D eigenvalue weighted by atomic mass is 9.92. The summed E-state index contributed by atoms with van der Waals surface area (Å²) in [5.74, 6) is -13.1. The molecule has 1 aliphatic heterocycles. The summed E-state index contributed by atoms with van der Waals surface area (Å²) in [7, 11) is -18.8. The van der Waals surface area contributed by atoms with Gasteiger partial charge >= 0.3 is 24.1 Å². The minimum absolute atomic E-state index is 0.0152. The Bertz CT molecular complexity index is 5360. The number of H-pyrrole nitrogens is 2. The molecular formula is C71H89F3N16O23S4. The second-order valence-electron chi connectivity index (χ2n) is 27.5. The smallest absolute Gasteiger partial charge is 0.480 e. The molecule has 8 rings (SSSR count). The number of fused-ring (bicyclic) bond motifs is 2. The number of anilines is 3. The number of sulfonamides is 2. The fourth-order valence-corrected chi connectivity index (χ4v) is 17.7. The van der Waals surface area contributed by atoms with Crippen LogP contribution in [0.25, 0.3) is 10.9 Å². The van der Waals surface area contributed by atoms with Crippen LogP contribution in [0.3, 0.4) is 0 Å². The first-order valence-corrected chi connectivity index (χ1v) is 41.9. The lowest BCUT2D eigenvalue weighted by Gasteiger charge is -2.38. The Labute approximate surface area is 668 Å². The van der Waals surface area contributed by atoms with Crippen molar-refractivity contribution in [1.29, 1.82) is 0 Å². The van der Waals surface area contributed by atoms with Crippen molar-refractivity contribution in [2.75, 3.05) is 53.2 Å². The molecule has 117 heavy (non-hydrogen) atoms. The number of Topliss-reactive ketones (excluding diaryl/α,β-unsaturated/α-hetero) is 1. The fourth-order valence-electron chi connectivity index (χ4n) is 13.0. The second-order valence-corrected chi connectivity index (χ2v) is 33.8. The molecule has 5 amide bonds. The number of imidazole rings is 2. The zero-order valence-electron chi connectivity index (χ0n) is 63.7. The van der Waals surface area contributed by atoms with Crippen molar-refractivity contribution >= 4 is 122 Å². The summed E-state index contributed by atoms with van der Waals surface area (Å²) in [6.45, 7) is 8.13. The number of ketones is 1. The van der Waals surface area contributed by atoms with Crippen molar-refractivity contribution in [3.63, 3.8) is 0 Å². The number of nitrogens with two attached hydrogens (primary N) is 1. The minimum atomic E-state index is -5.08. The van der Waals surface area contributed by atoms with E-state index in [-0.39, 0.29) is 90.4 Å². The number of carboxylic acid groups (broad SMARTS) is 3. The zero-order chi connectivity index (χ0) is 86.8. The van der Waals surface area contributed by atoms with Gasteiger partial charge in [0.25, 0.3) is 26.1 Å². The van der Waals surface area contributed by atoms with Crippen molar-refractivity contribution in [2.24, 2.45) is 5.73 Å². The summed E-state index contributed by atoms with van der Waals surface area (Å²) in [4.78, 5) is 146. The van der Waals surface area contributed by atoms with Gasteiger partial charge in [0, 0.05) is 112 Å². The number of carbonyl (C=O) groups is 9. The lowest BCUT2D eigenvalue weighted by molar-refractivity contribution is -0.192. The summed E-state index contributed by atoms with van der Waals surface area (Å²) in [6.07, 6.45) is 0.705. The molecule has 0 spiro atoms. The van der Waals surface area contributed by atoms with Crippen LogP contribution in [0.1, 0.15) is 110 Å². The number of carboxylic acids is 3. The molecule has 1 aliphatic rings. The number of alkyl halides is 3. The van der Waals surface area contributed by atoms with Gasteiger partial charge in [-0.2, -0.15) is 39.5 Å². The lowest BCUT2D eigenvalue weighted by Crippen LogP contribution is -2.55. The number of aryl methyl sites for hydroxylation is 7. The highest BCUT2D eigenvalue weighted by Gasteiger charge is 2.40. The molecule has 0 saturated carbocycles. The van der Waals surface area contributed by atoms with Gasteiger partial charge in [0.05, 0.1) is 27.1 Å². The topological polar surface area (TPSA) is 608 Å². The molecule has 0 saturated heterocycles. The van der Waals surface area contributed by atoms with Gasteiger partial charge < -0.3 is 77.7 Å². The van der Waals surface area contributed by atoms with Gasteiger partial charge in [-0.05, 0) is 131 Å². The van der Waals surface area contributed by atoms with E-state index in [0.717, 1.165) is 11.1 Å². The number of benzene rings is 4. The molecule has 1 unspecified atom stereocenters. The van der Waals surface area contributed by atoms with Crippen LogP contribution in [0.4, 0.5) is 30.8 Å². The van der Waals surface area contributed by atoms with Crippen LogP contribution in [0.15, 0.2) is 106 Å². The first-order valence-electron chi connectivity index (χ1n) is 35.7. The average molecular weight is 1720 g/mol. The molecule has 0 fully saturated rings. The Morgan fingerprint density at radius 1 is 0.624 bits per heavy atom. The van der Waals surface area contributed by atoms with Gasteiger partial charge in [0.2, 0.25) is 49.1 Å². The number of carbonyl (C=O) groups excluding carboxylic acids is 6. The molecule has 4 aromatic carbocycles. The largest absolute Gasteiger partial charge is 0.490 e. The van der Waals surface area contributed by atoms with Gasteiger partial charge in [-0.1, -0.05) is 47.5 Å². The standard InChI is InChI=1S/C69H88N16O21S4.C2HF3O2/c1-38-24-40(3)60(41(4)25-38)109(103,104)82-51(66(93)94)33-76-62(89)49-35-84(54-28-44(12-14-48(54)59(49)88)31-78-68-72-18-19-73-68)22-9-17-71-64(91)53(37-108(100,101)102)81-58(87)16-15-50(70)63(90)80-46(36-107(97,98)99)10-7-8-23-85-55-29-45(32-79-69-74-20-21-75-69)11-13-47(55)57(86)30-56(85)65(92)77-34-52(67(95)96)83-110(105,106)61-42(5)26-39(2)27-43(61)6;3-2(4,5)1(6)7/h11-14,18-21,24-29,35,46,50-53,56,82-83H,7-10,15-17,22-23,30-34,36-37,70H2,1-6H3,(H,71,91)(H,76,89)(H,77,92)(H,80,90)(H,81,87)(H,93,94)(H,95,96)(H2,72,73,78)(H2,74,75,79)(H,97,98,99)(H,100,101,102);(H,6,7)/t46-,50+,51+,52+,53+,56?;/m1./s1. The number of unbranched alkanes of at least 4 members (excludes halogenated alkanes) is 1. The highest BCUT2D eigenvalue weighted by Crippen LogP contribution is 2.34. The molecule has 3 aromatic heterocycles. The SMILES string of the molecule is Cc1cc(C)c(S(=O)(=O)N[C@@H](CNC(=O)c2cn(CCCNC(=O)[C@H](CS(=O)(=O)O)NC(=O)CC[C@H](N)C(=O)N[C@H](CCCCN3c4cc(CNc5ncc[nH]5)ccc4C(=O)CC3C(=O)NC[C@H](NS(=O)(=O)c3c(C)cc(C)cc3C)C(=O)O)CS(=O)(=O)O)c3cc(CNc4ncc[nH]4)ccc3c2=O)C(=O)O)c(C)c1.O=C(O)C(F)(F)F. The van der Waals surface area contributed by atoms with Crippen LogP contribution in [-0.2, 0) is 93.5 Å². The number of nitrogens with zero attached hydrogens (tertiary/aromatic N) is 4. The third kappa shape index (κ3) is 27.2. The van der Waals surface area contributed by atoms with Crippen LogP contribution in [0, 0.1) is 41.5 Å². The van der Waals surface area contributed by atoms with E-state index in [1.54, 1.807) is 113 Å². The molecule has 636 valence electrons. The third-order valence-electron chi connectivity index (χ3n) is 18.0.